The summed E-state index contributed by atoms with van der Waals surface area (Å²) in [5.74, 6) is 0.892. The highest BCUT2D eigenvalue weighted by atomic mass is 79.9. The molecule has 0 saturated carbocycles. The number of nitrogens with zero attached hydrogens (tertiary/aromatic N) is 2. The van der Waals surface area contributed by atoms with Crippen molar-refractivity contribution in [3.8, 4) is 5.82 Å². The van der Waals surface area contributed by atoms with Gasteiger partial charge in [-0.05, 0) is 30.3 Å². The van der Waals surface area contributed by atoms with Crippen LogP contribution in [0.1, 0.15) is 0 Å². The van der Waals surface area contributed by atoms with E-state index in [0.717, 1.165) is 32.3 Å². The molecule has 0 fully saturated rings. The van der Waals surface area contributed by atoms with Gasteiger partial charge in [0.2, 0.25) is 0 Å². The molecule has 0 aliphatic carbocycles. The molecule has 4 heteroatoms. The normalized spacial score (nSPS) is 11.7. The first-order chi connectivity index (χ1) is 11.3. The summed E-state index contributed by atoms with van der Waals surface area (Å²) in [4.78, 5) is 4.61. The van der Waals surface area contributed by atoms with Crippen LogP contribution in [0.3, 0.4) is 0 Å². The quantitative estimate of drug-likeness (QED) is 0.383. The summed E-state index contributed by atoms with van der Waals surface area (Å²) in [7, 11) is 0. The van der Waals surface area contributed by atoms with Gasteiger partial charge in [0.05, 0.1) is 23.5 Å². The van der Waals surface area contributed by atoms with Crippen molar-refractivity contribution >= 4 is 48.7 Å². The zero-order valence-corrected chi connectivity index (χ0v) is 13.6. The van der Waals surface area contributed by atoms with E-state index in [2.05, 4.69) is 74.0 Å². The second-order valence-electron chi connectivity index (χ2n) is 5.51. The van der Waals surface area contributed by atoms with E-state index < -0.39 is 0 Å². The lowest BCUT2D eigenvalue weighted by atomic mass is 10.2. The van der Waals surface area contributed by atoms with Gasteiger partial charge in [-0.25, -0.2) is 4.98 Å². The summed E-state index contributed by atoms with van der Waals surface area (Å²) in [5, 5.41) is 3.50. The lowest BCUT2D eigenvalue weighted by Crippen LogP contribution is -1.96. The van der Waals surface area contributed by atoms with Crippen molar-refractivity contribution in [3.05, 3.63) is 71.5 Å². The van der Waals surface area contributed by atoms with Gasteiger partial charge < -0.3 is 4.42 Å². The zero-order chi connectivity index (χ0) is 15.4. The van der Waals surface area contributed by atoms with Crippen LogP contribution in [-0.4, -0.2) is 9.55 Å². The zero-order valence-electron chi connectivity index (χ0n) is 12.0. The maximum absolute atomic E-state index is 5.41. The molecule has 3 nitrogen and oxygen atoms in total. The van der Waals surface area contributed by atoms with E-state index in [1.54, 1.807) is 12.5 Å². The Morgan fingerprint density at radius 2 is 1.78 bits per heavy atom. The average Bonchev–Trinajstić information content (AvgIpc) is 3.15. The molecule has 0 spiro atoms. The molecule has 23 heavy (non-hydrogen) atoms. The molecule has 0 bridgehead atoms. The van der Waals surface area contributed by atoms with Gasteiger partial charge in [-0.3, -0.25) is 4.57 Å². The van der Waals surface area contributed by atoms with Crippen molar-refractivity contribution in [1.82, 2.24) is 9.55 Å². The second-order valence-corrected chi connectivity index (χ2v) is 6.43. The van der Waals surface area contributed by atoms with Crippen LogP contribution in [0.15, 0.2) is 75.9 Å². The Balaban J connectivity index is 1.96. The topological polar surface area (TPSA) is 31.0 Å². The molecule has 0 N–H and O–H groups in total. The van der Waals surface area contributed by atoms with E-state index in [0.29, 0.717) is 0 Å². The highest BCUT2D eigenvalue weighted by molar-refractivity contribution is 9.10. The monoisotopic (exact) mass is 362 g/mol. The fourth-order valence-corrected chi connectivity index (χ4v) is 3.52. The standard InChI is InChI=1S/C19H11BrN2O/c20-13-5-6-15-14-3-1-2-4-16(14)22(17(15)10-13)19-9-12-7-8-23-18(12)11-21-19/h1-11H. The smallest absolute Gasteiger partial charge is 0.152 e. The van der Waals surface area contributed by atoms with Crippen molar-refractivity contribution in [2.75, 3.05) is 0 Å². The number of benzene rings is 2. The minimum atomic E-state index is 0.802. The van der Waals surface area contributed by atoms with Gasteiger partial charge in [-0.1, -0.05) is 40.2 Å². The summed E-state index contributed by atoms with van der Waals surface area (Å²) in [6.07, 6.45) is 3.47. The fourth-order valence-electron chi connectivity index (χ4n) is 3.17. The van der Waals surface area contributed by atoms with Gasteiger partial charge in [-0.15, -0.1) is 0 Å². The van der Waals surface area contributed by atoms with E-state index >= 15 is 0 Å². The molecule has 3 aromatic heterocycles. The van der Waals surface area contributed by atoms with E-state index in [4.69, 9.17) is 4.42 Å². The number of pyridine rings is 1. The maximum Gasteiger partial charge on any atom is 0.152 e. The first-order valence-electron chi connectivity index (χ1n) is 7.33. The molecular formula is C19H11BrN2O. The van der Waals surface area contributed by atoms with Crippen molar-refractivity contribution in [3.63, 3.8) is 0 Å². The van der Waals surface area contributed by atoms with Crippen LogP contribution in [0.25, 0.3) is 38.6 Å². The molecule has 0 atom stereocenters. The predicted octanol–water partition coefficient (Wildman–Crippen LogP) is 5.69. The highest BCUT2D eigenvalue weighted by Crippen LogP contribution is 2.33. The van der Waals surface area contributed by atoms with Crippen molar-refractivity contribution < 1.29 is 4.42 Å². The van der Waals surface area contributed by atoms with Crippen molar-refractivity contribution in [1.29, 1.82) is 0 Å². The van der Waals surface area contributed by atoms with Crippen LogP contribution in [0, 0.1) is 0 Å². The number of para-hydroxylation sites is 1. The number of fused-ring (bicyclic) bond motifs is 4. The van der Waals surface area contributed by atoms with Crippen LogP contribution in [0.2, 0.25) is 0 Å². The molecule has 5 aromatic rings. The number of aromatic nitrogens is 2. The molecule has 3 heterocycles. The highest BCUT2D eigenvalue weighted by Gasteiger charge is 2.13. The van der Waals surface area contributed by atoms with Crippen LogP contribution in [0.4, 0.5) is 0 Å². The Morgan fingerprint density at radius 3 is 2.74 bits per heavy atom. The third-order valence-corrected chi connectivity index (χ3v) is 4.68. The molecular weight excluding hydrogens is 352 g/mol. The molecule has 5 rings (SSSR count). The van der Waals surface area contributed by atoms with E-state index in [9.17, 15) is 0 Å². The van der Waals surface area contributed by atoms with Gasteiger partial charge in [0.25, 0.3) is 0 Å². The summed E-state index contributed by atoms with van der Waals surface area (Å²) >= 11 is 3.58. The maximum atomic E-state index is 5.41. The van der Waals surface area contributed by atoms with Crippen molar-refractivity contribution in [2.45, 2.75) is 0 Å². The minimum Gasteiger partial charge on any atom is -0.463 e. The molecule has 0 saturated heterocycles. The van der Waals surface area contributed by atoms with Gasteiger partial charge in [0.15, 0.2) is 5.58 Å². The van der Waals surface area contributed by atoms with Gasteiger partial charge in [0, 0.05) is 20.6 Å². The first-order valence-corrected chi connectivity index (χ1v) is 8.13. The van der Waals surface area contributed by atoms with E-state index in [1.165, 1.54) is 10.8 Å². The van der Waals surface area contributed by atoms with Crippen LogP contribution >= 0.6 is 15.9 Å². The molecule has 0 aliphatic rings. The SMILES string of the molecule is Brc1ccc2c3ccccc3n(-c3cc4ccoc4cn3)c2c1. The van der Waals surface area contributed by atoms with E-state index in [1.807, 2.05) is 6.07 Å². The average molecular weight is 363 g/mol. The molecule has 0 aliphatic heterocycles. The first kappa shape index (κ1) is 12.9. The number of rotatable bonds is 1. The van der Waals surface area contributed by atoms with E-state index in [-0.39, 0.29) is 0 Å². The summed E-state index contributed by atoms with van der Waals surface area (Å²) in [6, 6.07) is 18.8. The second kappa shape index (κ2) is 4.70. The summed E-state index contributed by atoms with van der Waals surface area (Å²) in [6.45, 7) is 0. The fraction of sp³-hybridized carbons (Fsp3) is 0. The molecule has 0 radical (unpaired) electrons. The lowest BCUT2D eigenvalue weighted by Gasteiger charge is -2.06. The molecule has 0 unspecified atom stereocenters. The number of hydrogen-bond acceptors (Lipinski definition) is 2. The largest absolute Gasteiger partial charge is 0.463 e. The Morgan fingerprint density at radius 1 is 0.913 bits per heavy atom. The van der Waals surface area contributed by atoms with Gasteiger partial charge >= 0.3 is 0 Å². The summed E-state index contributed by atoms with van der Waals surface area (Å²) < 4.78 is 8.66. The van der Waals surface area contributed by atoms with Gasteiger partial charge in [-0.2, -0.15) is 0 Å². The Labute approximate surface area is 140 Å². The lowest BCUT2D eigenvalue weighted by molar-refractivity contribution is 0.614. The molecule has 0 amide bonds. The third-order valence-electron chi connectivity index (χ3n) is 4.19. The molecule has 110 valence electrons. The Kier molecular flexibility index (Phi) is 2.64. The predicted molar refractivity (Wildman–Crippen MR) is 96.0 cm³/mol. The number of halogens is 1. The summed E-state index contributed by atoms with van der Waals surface area (Å²) in [5.41, 5.74) is 3.09. The van der Waals surface area contributed by atoms with Crippen LogP contribution < -0.4 is 0 Å². The Bertz CT molecular complexity index is 1190. The number of hydrogen-bond donors (Lipinski definition) is 0. The van der Waals surface area contributed by atoms with Crippen LogP contribution in [-0.2, 0) is 0 Å². The Hall–Kier alpha value is -2.59. The third kappa shape index (κ3) is 1.85. The van der Waals surface area contributed by atoms with Crippen LogP contribution in [0.5, 0.6) is 0 Å². The van der Waals surface area contributed by atoms with Gasteiger partial charge in [0.1, 0.15) is 5.82 Å². The minimum absolute atomic E-state index is 0.802. The number of furan rings is 1. The molecule has 2 aromatic carbocycles. The van der Waals surface area contributed by atoms with Crippen molar-refractivity contribution in [2.24, 2.45) is 0 Å².